The van der Waals surface area contributed by atoms with E-state index in [0.717, 1.165) is 6.92 Å². The largest absolute Gasteiger partial charge is 0.456 e. The minimum absolute atomic E-state index is 0.0637. The molecule has 15 heteroatoms. The summed E-state index contributed by atoms with van der Waals surface area (Å²) in [6, 6.07) is 14.6. The summed E-state index contributed by atoms with van der Waals surface area (Å²) >= 11 is 0. The van der Waals surface area contributed by atoms with Gasteiger partial charge in [0, 0.05) is 25.2 Å². The van der Waals surface area contributed by atoms with Crippen molar-refractivity contribution in [2.45, 2.75) is 128 Å². The molecule has 0 radical (unpaired) electrons. The summed E-state index contributed by atoms with van der Waals surface area (Å²) in [5.74, 6) is -5.36. The van der Waals surface area contributed by atoms with Gasteiger partial charge in [0.15, 0.2) is 17.5 Å². The third-order valence-corrected chi connectivity index (χ3v) is 12.6. The average molecular weight is 808 g/mol. The van der Waals surface area contributed by atoms with Crippen LogP contribution in [0.1, 0.15) is 90.2 Å². The third-order valence-electron chi connectivity index (χ3n) is 12.6. The number of benzene rings is 2. The summed E-state index contributed by atoms with van der Waals surface area (Å²) in [7, 11) is 0. The first-order valence-corrected chi connectivity index (χ1v) is 19.3. The quantitative estimate of drug-likeness (QED) is 0.147. The number of esters is 3. The van der Waals surface area contributed by atoms with Crippen molar-refractivity contribution < 1.29 is 68.1 Å². The number of aliphatic hydroxyl groups is 4. The van der Waals surface area contributed by atoms with Gasteiger partial charge in [-0.2, -0.15) is 0 Å². The number of hydrogen-bond acceptors (Lipinski definition) is 14. The molecular weight excluding hydrogens is 754 g/mol. The lowest BCUT2D eigenvalue weighted by Gasteiger charge is -2.67. The Morgan fingerprint density at radius 2 is 1.55 bits per heavy atom. The van der Waals surface area contributed by atoms with Crippen LogP contribution < -0.4 is 5.32 Å². The Bertz CT molecular complexity index is 1980. The van der Waals surface area contributed by atoms with E-state index in [-0.39, 0.29) is 29.7 Å². The molecule has 1 aliphatic heterocycles. The van der Waals surface area contributed by atoms with Gasteiger partial charge in [0.05, 0.1) is 35.6 Å². The number of ketones is 1. The topological polar surface area (TPSA) is 224 Å². The fourth-order valence-corrected chi connectivity index (χ4v) is 9.56. The van der Waals surface area contributed by atoms with Crippen molar-refractivity contribution in [2.75, 3.05) is 6.61 Å². The van der Waals surface area contributed by atoms with Crippen LogP contribution in [0.5, 0.6) is 0 Å². The normalized spacial score (nSPS) is 33.7. The zero-order valence-corrected chi connectivity index (χ0v) is 33.9. The van der Waals surface area contributed by atoms with Crippen molar-refractivity contribution in [3.05, 3.63) is 82.9 Å². The van der Waals surface area contributed by atoms with Crippen LogP contribution in [-0.2, 0) is 38.1 Å². The second-order valence-corrected chi connectivity index (χ2v) is 17.6. The van der Waals surface area contributed by atoms with Gasteiger partial charge in [0.25, 0.3) is 0 Å². The molecule has 2 bridgehead atoms. The molecule has 0 aromatic heterocycles. The molecule has 4 aliphatic rings. The Morgan fingerprint density at radius 3 is 2.10 bits per heavy atom. The van der Waals surface area contributed by atoms with Gasteiger partial charge in [0.2, 0.25) is 0 Å². The Balaban J connectivity index is 1.49. The van der Waals surface area contributed by atoms with Crippen LogP contribution in [0.25, 0.3) is 0 Å². The number of nitrogens with one attached hydrogen (secondary N) is 1. The van der Waals surface area contributed by atoms with Crippen molar-refractivity contribution in [3.8, 4) is 0 Å². The van der Waals surface area contributed by atoms with Gasteiger partial charge in [-0.15, -0.1) is 0 Å². The molecule has 1 heterocycles. The van der Waals surface area contributed by atoms with E-state index in [9.17, 15) is 44.4 Å². The van der Waals surface area contributed by atoms with E-state index in [1.165, 1.54) is 26.0 Å². The van der Waals surface area contributed by atoms with Gasteiger partial charge >= 0.3 is 24.0 Å². The van der Waals surface area contributed by atoms with E-state index in [0.29, 0.717) is 5.56 Å². The zero-order chi connectivity index (χ0) is 42.7. The minimum Gasteiger partial charge on any atom is -0.456 e. The van der Waals surface area contributed by atoms with Crippen LogP contribution in [0.15, 0.2) is 71.8 Å². The Kier molecular flexibility index (Phi) is 11.2. The van der Waals surface area contributed by atoms with E-state index in [2.05, 4.69) is 5.32 Å². The monoisotopic (exact) mass is 807 g/mol. The van der Waals surface area contributed by atoms with Gasteiger partial charge in [-0.1, -0.05) is 62.4 Å². The number of rotatable bonds is 8. The summed E-state index contributed by atoms with van der Waals surface area (Å²) in [4.78, 5) is 68.9. The molecule has 58 heavy (non-hydrogen) atoms. The molecule has 5 N–H and O–H groups in total. The zero-order valence-electron chi connectivity index (χ0n) is 33.9. The average Bonchev–Trinajstić information content (AvgIpc) is 3.14. The molecule has 15 nitrogen and oxygen atoms in total. The molecule has 3 fully saturated rings. The van der Waals surface area contributed by atoms with Gasteiger partial charge in [0.1, 0.15) is 35.6 Å². The van der Waals surface area contributed by atoms with Gasteiger partial charge < -0.3 is 49.4 Å². The highest BCUT2D eigenvalue weighted by Gasteiger charge is 2.78. The van der Waals surface area contributed by atoms with Crippen molar-refractivity contribution in [1.82, 2.24) is 5.32 Å². The third kappa shape index (κ3) is 7.10. The van der Waals surface area contributed by atoms with Gasteiger partial charge in [-0.25, -0.2) is 14.4 Å². The highest BCUT2D eigenvalue weighted by Crippen LogP contribution is 2.64. The molecule has 6 rings (SSSR count). The number of aliphatic hydroxyl groups excluding tert-OH is 3. The lowest BCUT2D eigenvalue weighted by atomic mass is 9.44. The maximum Gasteiger partial charge on any atom is 0.408 e. The van der Waals surface area contributed by atoms with Crippen LogP contribution in [0.3, 0.4) is 0 Å². The summed E-state index contributed by atoms with van der Waals surface area (Å²) < 4.78 is 29.5. The van der Waals surface area contributed by atoms with Crippen LogP contribution in [-0.4, -0.2) is 110 Å². The second-order valence-electron chi connectivity index (χ2n) is 17.6. The first kappa shape index (κ1) is 42.9. The summed E-state index contributed by atoms with van der Waals surface area (Å²) in [6.45, 7) is 11.8. The summed E-state index contributed by atoms with van der Waals surface area (Å²) in [5.41, 5.74) is -8.14. The number of alkyl carbamates (subject to hydrolysis) is 1. The second kappa shape index (κ2) is 15.2. The lowest BCUT2D eigenvalue weighted by Crippen LogP contribution is -2.81. The molecule has 2 aromatic carbocycles. The van der Waals surface area contributed by atoms with Crippen molar-refractivity contribution in [2.24, 2.45) is 16.7 Å². The maximum absolute atomic E-state index is 14.9. The smallest absolute Gasteiger partial charge is 0.408 e. The Labute approximate surface area is 336 Å². The molecule has 1 saturated heterocycles. The first-order chi connectivity index (χ1) is 27.0. The number of hydrogen-bond donors (Lipinski definition) is 5. The van der Waals surface area contributed by atoms with E-state index in [1.54, 1.807) is 83.1 Å². The SMILES string of the molecule is CC(=O)O[C@@]12COC1CC(O)[C@@]1(C)C(=O)C(O)C3=C(C)C(OC(=O)C(O)C(NC(=O)OC(C)(C)C)c4ccccc4)C[C@@](O)(C(OC(=O)c4ccccc4)C21)C3(C)C. The molecule has 2 aromatic rings. The minimum atomic E-state index is -2.35. The van der Waals surface area contributed by atoms with Crippen molar-refractivity contribution >= 4 is 29.8 Å². The fourth-order valence-electron chi connectivity index (χ4n) is 9.56. The van der Waals surface area contributed by atoms with Gasteiger partial charge in [-0.05, 0) is 63.5 Å². The van der Waals surface area contributed by atoms with Crippen molar-refractivity contribution in [3.63, 3.8) is 0 Å². The molecule has 8 unspecified atom stereocenters. The number of carbonyl (C=O) groups excluding carboxylic acids is 5. The van der Waals surface area contributed by atoms with E-state index >= 15 is 0 Å². The van der Waals surface area contributed by atoms with Crippen LogP contribution in [0.4, 0.5) is 4.79 Å². The van der Waals surface area contributed by atoms with E-state index in [1.807, 2.05) is 0 Å². The van der Waals surface area contributed by atoms with E-state index < -0.39 is 112 Å². The maximum atomic E-state index is 14.9. The molecule has 2 saturated carbocycles. The predicted octanol–water partition coefficient (Wildman–Crippen LogP) is 3.26. The first-order valence-electron chi connectivity index (χ1n) is 19.3. The molecule has 1 amide bonds. The number of carbonyl (C=O) groups is 5. The highest BCUT2D eigenvalue weighted by molar-refractivity contribution is 5.94. The lowest BCUT2D eigenvalue weighted by molar-refractivity contribution is -0.346. The van der Waals surface area contributed by atoms with Gasteiger partial charge in [-0.3, -0.25) is 9.59 Å². The van der Waals surface area contributed by atoms with Crippen LogP contribution >= 0.6 is 0 Å². The number of amides is 1. The number of fused-ring (bicyclic) bond motifs is 5. The molecule has 3 aliphatic carbocycles. The van der Waals surface area contributed by atoms with E-state index in [4.69, 9.17) is 23.7 Å². The predicted molar refractivity (Wildman–Crippen MR) is 204 cm³/mol. The summed E-state index contributed by atoms with van der Waals surface area (Å²) in [6.07, 6.45) is -11.5. The molecule has 0 spiro atoms. The number of Topliss-reactive ketones (excluding diaryl/α,β-unsaturated/α-hetero) is 1. The Morgan fingerprint density at radius 1 is 0.948 bits per heavy atom. The Hall–Kier alpha value is -4.67. The standard InChI is InChI=1S/C43H53NO14/c1-22-26(55-37(51)32(48)30(24-15-11-9-12-16-24)44-38(52)58-39(3,4)5)20-43(53)35(56-36(50)25-17-13-10-14-18-25)33-41(8,34(49)31(47)29(22)40(43,6)7)27(46)19-28-42(33,21-54-28)57-23(2)45/h9-18,26-28,30-33,35,46-48,53H,19-21H2,1-8H3,(H,44,52)/t26?,27?,28?,30?,31?,32?,33?,35?,41-,42+,43-/m1/s1. The highest BCUT2D eigenvalue weighted by atomic mass is 16.6. The summed E-state index contributed by atoms with van der Waals surface area (Å²) in [5, 5.41) is 51.6. The molecular formula is C43H53NO14. The molecule has 314 valence electrons. The van der Waals surface area contributed by atoms with Crippen molar-refractivity contribution in [1.29, 1.82) is 0 Å². The van der Waals surface area contributed by atoms with Crippen LogP contribution in [0.2, 0.25) is 0 Å². The number of ether oxygens (including phenoxy) is 5. The van der Waals surface area contributed by atoms with Crippen LogP contribution in [0, 0.1) is 16.7 Å². The fraction of sp³-hybridized carbons (Fsp3) is 0.558. The molecule has 11 atom stereocenters.